The fourth-order valence-corrected chi connectivity index (χ4v) is 3.34. The van der Waals surface area contributed by atoms with Crippen molar-refractivity contribution in [3.63, 3.8) is 0 Å². The fourth-order valence-electron chi connectivity index (χ4n) is 3.34. The number of carbonyl (C=O) groups excluding carboxylic acids is 1. The van der Waals surface area contributed by atoms with Crippen LogP contribution < -0.4 is 10.6 Å². The third-order valence-electron chi connectivity index (χ3n) is 4.50. The van der Waals surface area contributed by atoms with E-state index in [0.717, 1.165) is 25.2 Å². The van der Waals surface area contributed by atoms with Crippen LogP contribution in [0.3, 0.4) is 0 Å². The Morgan fingerprint density at radius 1 is 1.45 bits per heavy atom. The molecule has 0 aliphatic carbocycles. The van der Waals surface area contributed by atoms with E-state index in [0.29, 0.717) is 6.04 Å². The normalized spacial score (nSPS) is 25.2. The quantitative estimate of drug-likeness (QED) is 0.876. The highest BCUT2D eigenvalue weighted by Crippen LogP contribution is 2.25. The number of anilines is 1. The van der Waals surface area contributed by atoms with E-state index < -0.39 is 0 Å². The van der Waals surface area contributed by atoms with E-state index in [1.54, 1.807) is 0 Å². The van der Waals surface area contributed by atoms with Gasteiger partial charge in [-0.05, 0) is 37.6 Å². The van der Waals surface area contributed by atoms with Gasteiger partial charge < -0.3 is 10.6 Å². The second-order valence-corrected chi connectivity index (χ2v) is 5.73. The van der Waals surface area contributed by atoms with Crippen molar-refractivity contribution in [1.82, 2.24) is 10.2 Å². The predicted octanol–water partition coefficient (Wildman–Crippen LogP) is 1.62. The molecule has 1 saturated heterocycles. The van der Waals surface area contributed by atoms with Crippen LogP contribution in [0.2, 0.25) is 0 Å². The zero-order chi connectivity index (χ0) is 13.9. The van der Waals surface area contributed by atoms with Gasteiger partial charge in [0.05, 0.1) is 0 Å². The van der Waals surface area contributed by atoms with Crippen molar-refractivity contribution >= 4 is 11.6 Å². The molecule has 4 heteroatoms. The van der Waals surface area contributed by atoms with Crippen LogP contribution in [0.5, 0.6) is 0 Å². The van der Waals surface area contributed by atoms with Crippen molar-refractivity contribution in [3.05, 3.63) is 29.8 Å². The predicted molar refractivity (Wildman–Crippen MR) is 80.8 cm³/mol. The van der Waals surface area contributed by atoms with Crippen LogP contribution in [-0.2, 0) is 11.2 Å². The topological polar surface area (TPSA) is 44.4 Å². The summed E-state index contributed by atoms with van der Waals surface area (Å²) >= 11 is 0. The summed E-state index contributed by atoms with van der Waals surface area (Å²) < 4.78 is 0. The molecule has 20 heavy (non-hydrogen) atoms. The summed E-state index contributed by atoms with van der Waals surface area (Å²) in [6, 6.07) is 8.57. The third kappa shape index (κ3) is 2.66. The summed E-state index contributed by atoms with van der Waals surface area (Å²) in [7, 11) is 0. The van der Waals surface area contributed by atoms with Gasteiger partial charge in [0.15, 0.2) is 0 Å². The third-order valence-corrected chi connectivity index (χ3v) is 4.50. The van der Waals surface area contributed by atoms with E-state index in [1.165, 1.54) is 24.9 Å². The summed E-state index contributed by atoms with van der Waals surface area (Å²) in [5, 5.41) is 6.43. The molecule has 0 bridgehead atoms. The Hall–Kier alpha value is -1.55. The minimum absolute atomic E-state index is 0.108. The van der Waals surface area contributed by atoms with Crippen LogP contribution in [0, 0.1) is 0 Å². The van der Waals surface area contributed by atoms with Crippen molar-refractivity contribution < 1.29 is 4.79 Å². The number of nitrogens with zero attached hydrogens (tertiary/aromatic N) is 1. The van der Waals surface area contributed by atoms with Crippen molar-refractivity contribution in [2.24, 2.45) is 0 Å². The molecular formula is C16H23N3O. The van der Waals surface area contributed by atoms with Crippen molar-refractivity contribution in [3.8, 4) is 0 Å². The van der Waals surface area contributed by atoms with E-state index >= 15 is 0 Å². The summed E-state index contributed by atoms with van der Waals surface area (Å²) in [6.45, 7) is 5.22. The van der Waals surface area contributed by atoms with Crippen molar-refractivity contribution in [2.45, 2.75) is 38.3 Å². The average Bonchev–Trinajstić information content (AvgIpc) is 3.10. The van der Waals surface area contributed by atoms with Crippen LogP contribution in [0.15, 0.2) is 24.3 Å². The second-order valence-electron chi connectivity index (χ2n) is 5.73. The lowest BCUT2D eigenvalue weighted by Gasteiger charge is -2.23. The van der Waals surface area contributed by atoms with E-state index in [1.807, 2.05) is 18.2 Å². The molecule has 0 saturated carbocycles. The molecule has 4 nitrogen and oxygen atoms in total. The van der Waals surface area contributed by atoms with Crippen molar-refractivity contribution in [2.75, 3.05) is 25.0 Å². The van der Waals surface area contributed by atoms with Gasteiger partial charge in [-0.3, -0.25) is 9.69 Å². The van der Waals surface area contributed by atoms with E-state index in [-0.39, 0.29) is 11.9 Å². The van der Waals surface area contributed by atoms with Gasteiger partial charge in [-0.2, -0.15) is 0 Å². The van der Waals surface area contributed by atoms with Crippen LogP contribution in [-0.4, -0.2) is 42.5 Å². The first-order valence-corrected chi connectivity index (χ1v) is 7.64. The smallest absolute Gasteiger partial charge is 0.242 e. The number of rotatable bonds is 4. The number of hydrogen-bond donors (Lipinski definition) is 2. The van der Waals surface area contributed by atoms with Gasteiger partial charge in [0, 0.05) is 24.7 Å². The minimum Gasteiger partial charge on any atom is -0.373 e. The Morgan fingerprint density at radius 2 is 2.30 bits per heavy atom. The average molecular weight is 273 g/mol. The number of para-hydroxylation sites is 1. The number of amides is 1. The first-order valence-electron chi connectivity index (χ1n) is 7.64. The lowest BCUT2D eigenvalue weighted by atomic mass is 10.1. The SMILES string of the molecule is CCN1CCCC1CNC(=O)[C@@H]1Cc2ccccc2N1. The number of fused-ring (bicyclic) bond motifs is 1. The van der Waals surface area contributed by atoms with Gasteiger partial charge >= 0.3 is 0 Å². The zero-order valence-electron chi connectivity index (χ0n) is 12.1. The Kier molecular flexibility index (Phi) is 3.92. The fraction of sp³-hybridized carbons (Fsp3) is 0.562. The molecule has 2 aliphatic heterocycles. The molecule has 108 valence electrons. The molecule has 2 aliphatic rings. The van der Waals surface area contributed by atoms with Gasteiger partial charge in [-0.25, -0.2) is 0 Å². The molecule has 0 spiro atoms. The van der Waals surface area contributed by atoms with Gasteiger partial charge in [0.2, 0.25) is 5.91 Å². The molecule has 2 heterocycles. The summed E-state index contributed by atoms with van der Waals surface area (Å²) in [4.78, 5) is 14.7. The summed E-state index contributed by atoms with van der Waals surface area (Å²) in [5.41, 5.74) is 2.34. The molecule has 1 fully saturated rings. The van der Waals surface area contributed by atoms with Crippen molar-refractivity contribution in [1.29, 1.82) is 0 Å². The Labute approximate surface area is 120 Å². The number of likely N-dealkylation sites (tertiary alicyclic amines) is 1. The highest BCUT2D eigenvalue weighted by atomic mass is 16.2. The van der Waals surface area contributed by atoms with E-state index in [4.69, 9.17) is 0 Å². The van der Waals surface area contributed by atoms with Crippen LogP contribution in [0.4, 0.5) is 5.69 Å². The van der Waals surface area contributed by atoms with Gasteiger partial charge in [0.25, 0.3) is 0 Å². The standard InChI is InChI=1S/C16H23N3O/c1-2-19-9-5-7-13(19)11-17-16(20)15-10-12-6-3-4-8-14(12)18-15/h3-4,6,8,13,15,18H,2,5,7,9-11H2,1H3,(H,17,20)/t13?,15-/m0/s1. The van der Waals surface area contributed by atoms with E-state index in [2.05, 4.69) is 28.5 Å². The largest absolute Gasteiger partial charge is 0.373 e. The maximum absolute atomic E-state index is 12.3. The number of nitrogens with one attached hydrogen (secondary N) is 2. The monoisotopic (exact) mass is 273 g/mol. The van der Waals surface area contributed by atoms with Gasteiger partial charge in [-0.1, -0.05) is 25.1 Å². The number of carbonyl (C=O) groups is 1. The maximum atomic E-state index is 12.3. The molecule has 1 amide bonds. The molecule has 2 N–H and O–H groups in total. The lowest BCUT2D eigenvalue weighted by molar-refractivity contribution is -0.121. The van der Waals surface area contributed by atoms with E-state index in [9.17, 15) is 4.79 Å². The summed E-state index contributed by atoms with van der Waals surface area (Å²) in [5.74, 6) is 0.129. The molecule has 1 aromatic rings. The maximum Gasteiger partial charge on any atom is 0.242 e. The second kappa shape index (κ2) is 5.83. The first-order chi connectivity index (χ1) is 9.78. The Bertz CT molecular complexity index is 463. The molecule has 1 unspecified atom stereocenters. The highest BCUT2D eigenvalue weighted by molar-refractivity contribution is 5.87. The van der Waals surface area contributed by atoms with Gasteiger partial charge in [-0.15, -0.1) is 0 Å². The first kappa shape index (κ1) is 13.4. The van der Waals surface area contributed by atoms with Crippen LogP contribution in [0.1, 0.15) is 25.3 Å². The van der Waals surface area contributed by atoms with Crippen LogP contribution >= 0.6 is 0 Å². The molecule has 3 rings (SSSR count). The molecule has 0 radical (unpaired) electrons. The summed E-state index contributed by atoms with van der Waals surface area (Å²) in [6.07, 6.45) is 3.25. The number of benzene rings is 1. The highest BCUT2D eigenvalue weighted by Gasteiger charge is 2.28. The number of likely N-dealkylation sites (N-methyl/N-ethyl adjacent to an activating group) is 1. The van der Waals surface area contributed by atoms with Gasteiger partial charge in [0.1, 0.15) is 6.04 Å². The zero-order valence-corrected chi connectivity index (χ0v) is 12.1. The minimum atomic E-state index is -0.108. The number of hydrogen-bond acceptors (Lipinski definition) is 3. The molecule has 0 aromatic heterocycles. The lowest BCUT2D eigenvalue weighted by Crippen LogP contribution is -2.45. The molecular weight excluding hydrogens is 250 g/mol. The molecule has 1 aromatic carbocycles. The Morgan fingerprint density at radius 3 is 3.10 bits per heavy atom. The Balaban J connectivity index is 1.51. The molecule has 2 atom stereocenters. The van der Waals surface area contributed by atoms with Crippen LogP contribution in [0.25, 0.3) is 0 Å².